The number of aryl methyl sites for hydroxylation is 2. The van der Waals surface area contributed by atoms with Gasteiger partial charge in [-0.1, -0.05) is 65.4 Å². The Kier molecular flexibility index (Phi) is 5.67. The average molecular weight is 406 g/mol. The Bertz CT molecular complexity index is 1020. The molecule has 0 bridgehead atoms. The molecular weight excluding hydrogens is 378 g/mol. The first-order valence-electron chi connectivity index (χ1n) is 10.2. The number of benzene rings is 2. The Morgan fingerprint density at radius 2 is 1.97 bits per heavy atom. The van der Waals surface area contributed by atoms with E-state index in [1.165, 1.54) is 35.3 Å². The van der Waals surface area contributed by atoms with Gasteiger partial charge in [0.2, 0.25) is 0 Å². The largest absolute Gasteiger partial charge is 0.375 e. The van der Waals surface area contributed by atoms with Crippen LogP contribution in [0, 0.1) is 19.8 Å². The first kappa shape index (κ1) is 19.6. The number of aromatic nitrogens is 1. The molecule has 1 amide bonds. The molecule has 1 aliphatic carbocycles. The number of nitrogens with zero attached hydrogens (tertiary/aromatic N) is 2. The molecular formula is C24H27N3OS. The molecule has 1 fully saturated rings. The van der Waals surface area contributed by atoms with Crippen molar-refractivity contribution in [2.24, 2.45) is 5.92 Å². The van der Waals surface area contributed by atoms with E-state index in [9.17, 15) is 4.79 Å². The van der Waals surface area contributed by atoms with Crippen LogP contribution in [-0.4, -0.2) is 28.9 Å². The first-order valence-corrected chi connectivity index (χ1v) is 11.0. The quantitative estimate of drug-likeness (QED) is 0.595. The minimum absolute atomic E-state index is 0.00468. The van der Waals surface area contributed by atoms with Crippen molar-refractivity contribution < 1.29 is 4.79 Å². The van der Waals surface area contributed by atoms with Crippen LogP contribution in [0.4, 0.5) is 5.13 Å². The summed E-state index contributed by atoms with van der Waals surface area (Å²) in [4.78, 5) is 20.8. The molecule has 1 saturated carbocycles. The van der Waals surface area contributed by atoms with Crippen LogP contribution in [0.25, 0.3) is 10.4 Å². The van der Waals surface area contributed by atoms with E-state index >= 15 is 0 Å². The van der Waals surface area contributed by atoms with E-state index < -0.39 is 0 Å². The Morgan fingerprint density at radius 3 is 2.69 bits per heavy atom. The van der Waals surface area contributed by atoms with Gasteiger partial charge in [-0.2, -0.15) is 0 Å². The number of nitrogens with two attached hydrogens (primary N) is 1. The summed E-state index contributed by atoms with van der Waals surface area (Å²) in [5.41, 5.74) is 11.2. The summed E-state index contributed by atoms with van der Waals surface area (Å²) in [5, 5.41) is 0.440. The average Bonchev–Trinajstić information content (AvgIpc) is 3.44. The van der Waals surface area contributed by atoms with Gasteiger partial charge in [0.15, 0.2) is 5.13 Å². The summed E-state index contributed by atoms with van der Waals surface area (Å²) in [6, 6.07) is 16.6. The van der Waals surface area contributed by atoms with Gasteiger partial charge in [0.1, 0.15) is 5.69 Å². The van der Waals surface area contributed by atoms with Crippen LogP contribution in [0.5, 0.6) is 0 Å². The molecule has 1 heterocycles. The molecule has 0 aliphatic heterocycles. The van der Waals surface area contributed by atoms with Gasteiger partial charge in [-0.15, -0.1) is 0 Å². The number of carbonyl (C=O) groups excluding carboxylic acids is 1. The molecule has 3 aromatic rings. The summed E-state index contributed by atoms with van der Waals surface area (Å²) in [6.45, 7) is 5.68. The minimum atomic E-state index is -0.00468. The van der Waals surface area contributed by atoms with Gasteiger partial charge >= 0.3 is 0 Å². The highest BCUT2D eigenvalue weighted by Gasteiger charge is 2.30. The van der Waals surface area contributed by atoms with Gasteiger partial charge in [0.25, 0.3) is 5.91 Å². The van der Waals surface area contributed by atoms with Crippen molar-refractivity contribution in [2.45, 2.75) is 33.1 Å². The summed E-state index contributed by atoms with van der Waals surface area (Å²) in [5.74, 6) is 0.615. The Morgan fingerprint density at radius 1 is 1.17 bits per heavy atom. The highest BCUT2D eigenvalue weighted by Crippen LogP contribution is 2.35. The molecule has 2 aromatic carbocycles. The maximum absolute atomic E-state index is 13.5. The smallest absolute Gasteiger partial charge is 0.274 e. The minimum Gasteiger partial charge on any atom is -0.375 e. The number of thiazole rings is 1. The van der Waals surface area contributed by atoms with Crippen molar-refractivity contribution in [2.75, 3.05) is 18.8 Å². The fourth-order valence-electron chi connectivity index (χ4n) is 3.65. The normalized spacial score (nSPS) is 13.4. The van der Waals surface area contributed by atoms with Crippen LogP contribution in [-0.2, 0) is 6.42 Å². The number of rotatable bonds is 7. The zero-order chi connectivity index (χ0) is 20.4. The first-order chi connectivity index (χ1) is 14.0. The maximum Gasteiger partial charge on any atom is 0.274 e. The summed E-state index contributed by atoms with van der Waals surface area (Å²) >= 11 is 1.39. The van der Waals surface area contributed by atoms with Crippen molar-refractivity contribution in [3.63, 3.8) is 0 Å². The lowest BCUT2D eigenvalue weighted by Crippen LogP contribution is -2.35. The second-order valence-electron chi connectivity index (χ2n) is 7.97. The van der Waals surface area contributed by atoms with Crippen LogP contribution < -0.4 is 5.73 Å². The molecule has 150 valence electrons. The Hall–Kier alpha value is -2.66. The molecule has 0 saturated heterocycles. The maximum atomic E-state index is 13.5. The van der Waals surface area contributed by atoms with E-state index in [0.717, 1.165) is 29.0 Å². The van der Waals surface area contributed by atoms with Crippen molar-refractivity contribution in [3.05, 3.63) is 70.9 Å². The van der Waals surface area contributed by atoms with Gasteiger partial charge in [-0.05, 0) is 55.7 Å². The number of amides is 1. The fraction of sp³-hybridized carbons (Fsp3) is 0.333. The molecule has 5 heteroatoms. The standard InChI is InChI=1S/C24H27N3OS/c1-16-6-5-9-20(14-16)22-21(26-24(25)29-22)23(28)27(15-18-10-11-18)13-12-19-8-4-3-7-17(19)2/h3-9,14,18H,10-13,15H2,1-2H3,(H2,25,26). The molecule has 4 rings (SSSR count). The number of carbonyl (C=O) groups is 1. The van der Waals surface area contributed by atoms with Crippen molar-refractivity contribution in [3.8, 4) is 10.4 Å². The molecule has 1 aliphatic rings. The lowest BCUT2D eigenvalue weighted by Gasteiger charge is -2.23. The van der Waals surface area contributed by atoms with Crippen LogP contribution in [0.1, 0.15) is 40.0 Å². The third kappa shape index (κ3) is 4.67. The number of hydrogen-bond donors (Lipinski definition) is 1. The van der Waals surface area contributed by atoms with Crippen LogP contribution >= 0.6 is 11.3 Å². The van der Waals surface area contributed by atoms with Crippen LogP contribution in [0.3, 0.4) is 0 Å². The summed E-state index contributed by atoms with van der Waals surface area (Å²) in [7, 11) is 0. The van der Waals surface area contributed by atoms with Gasteiger partial charge in [0.05, 0.1) is 4.88 Å². The van der Waals surface area contributed by atoms with E-state index in [4.69, 9.17) is 5.73 Å². The second kappa shape index (κ2) is 8.37. The van der Waals surface area contributed by atoms with Crippen molar-refractivity contribution >= 4 is 22.4 Å². The third-order valence-corrected chi connectivity index (χ3v) is 6.44. The molecule has 1 aromatic heterocycles. The highest BCUT2D eigenvalue weighted by atomic mass is 32.1. The third-order valence-electron chi connectivity index (χ3n) is 5.50. The lowest BCUT2D eigenvalue weighted by atomic mass is 10.1. The number of hydrogen-bond acceptors (Lipinski definition) is 4. The zero-order valence-corrected chi connectivity index (χ0v) is 17.8. The molecule has 0 atom stereocenters. The molecule has 0 spiro atoms. The Labute approximate surface area is 176 Å². The summed E-state index contributed by atoms with van der Waals surface area (Å²) < 4.78 is 0. The zero-order valence-electron chi connectivity index (χ0n) is 17.0. The Balaban J connectivity index is 1.60. The topological polar surface area (TPSA) is 59.2 Å². The predicted octanol–water partition coefficient (Wildman–Crippen LogP) is 5.10. The van der Waals surface area contributed by atoms with E-state index in [0.29, 0.717) is 23.3 Å². The molecule has 0 radical (unpaired) electrons. The van der Waals surface area contributed by atoms with Crippen LogP contribution in [0.15, 0.2) is 48.5 Å². The number of nitrogen functional groups attached to an aromatic ring is 1. The van der Waals surface area contributed by atoms with Gasteiger partial charge in [-0.3, -0.25) is 4.79 Å². The van der Waals surface area contributed by atoms with Crippen molar-refractivity contribution in [1.29, 1.82) is 0 Å². The SMILES string of the molecule is Cc1cccc(-c2sc(N)nc2C(=O)N(CCc2ccccc2C)CC2CC2)c1. The van der Waals surface area contributed by atoms with Gasteiger partial charge < -0.3 is 10.6 Å². The molecule has 4 nitrogen and oxygen atoms in total. The molecule has 2 N–H and O–H groups in total. The lowest BCUT2D eigenvalue weighted by molar-refractivity contribution is 0.0745. The predicted molar refractivity (Wildman–Crippen MR) is 120 cm³/mol. The van der Waals surface area contributed by atoms with Crippen molar-refractivity contribution in [1.82, 2.24) is 9.88 Å². The van der Waals surface area contributed by atoms with Gasteiger partial charge in [0, 0.05) is 13.1 Å². The monoisotopic (exact) mass is 405 g/mol. The van der Waals surface area contributed by atoms with Gasteiger partial charge in [-0.25, -0.2) is 4.98 Å². The van der Waals surface area contributed by atoms with E-state index in [-0.39, 0.29) is 5.91 Å². The van der Waals surface area contributed by atoms with E-state index in [1.54, 1.807) is 0 Å². The summed E-state index contributed by atoms with van der Waals surface area (Å²) in [6.07, 6.45) is 3.26. The fourth-order valence-corrected chi connectivity index (χ4v) is 4.47. The second-order valence-corrected chi connectivity index (χ2v) is 9.00. The molecule has 29 heavy (non-hydrogen) atoms. The number of anilines is 1. The van der Waals surface area contributed by atoms with E-state index in [1.807, 2.05) is 17.0 Å². The van der Waals surface area contributed by atoms with E-state index in [2.05, 4.69) is 55.2 Å². The highest BCUT2D eigenvalue weighted by molar-refractivity contribution is 7.19. The van der Waals surface area contributed by atoms with Crippen LogP contribution in [0.2, 0.25) is 0 Å². The molecule has 0 unspecified atom stereocenters.